The number of nitrogens with zero attached hydrogens (tertiary/aromatic N) is 3. The normalized spacial score (nSPS) is 18.7. The molecule has 20 heavy (non-hydrogen) atoms. The zero-order valence-electron chi connectivity index (χ0n) is 12.4. The summed E-state index contributed by atoms with van der Waals surface area (Å²) in [7, 11) is 0. The van der Waals surface area contributed by atoms with Gasteiger partial charge in [-0.3, -0.25) is 9.89 Å². The first-order valence-corrected chi connectivity index (χ1v) is 8.56. The summed E-state index contributed by atoms with van der Waals surface area (Å²) in [5.74, 6) is 1.56. The van der Waals surface area contributed by atoms with Crippen LogP contribution < -0.4 is 0 Å². The number of aromatic nitrogens is 3. The summed E-state index contributed by atoms with van der Waals surface area (Å²) in [6.45, 7) is 5.15. The standard InChI is InChI=1S/C14H24N4OS/c1-3-5-7-11-8-6-9-18(11)13(19)10-20-14-15-12(4-2)16-17-14/h11H,3-10H2,1-2H3,(H,15,16,17)/t11-/m0/s1. The number of thioether (sulfide) groups is 1. The number of aryl methyl sites for hydroxylation is 1. The zero-order valence-corrected chi connectivity index (χ0v) is 13.2. The molecule has 2 rings (SSSR count). The van der Waals surface area contributed by atoms with Gasteiger partial charge in [-0.25, -0.2) is 4.98 Å². The number of hydrogen-bond donors (Lipinski definition) is 1. The van der Waals surface area contributed by atoms with Gasteiger partial charge in [-0.05, 0) is 19.3 Å². The van der Waals surface area contributed by atoms with E-state index < -0.39 is 0 Å². The maximum absolute atomic E-state index is 12.3. The van der Waals surface area contributed by atoms with E-state index in [1.807, 2.05) is 6.92 Å². The summed E-state index contributed by atoms with van der Waals surface area (Å²) in [6, 6.07) is 0.460. The topological polar surface area (TPSA) is 61.9 Å². The fourth-order valence-electron chi connectivity index (χ4n) is 2.61. The average molecular weight is 296 g/mol. The Labute approximate surface area is 124 Å². The van der Waals surface area contributed by atoms with E-state index in [0.29, 0.717) is 17.0 Å². The van der Waals surface area contributed by atoms with Crippen LogP contribution in [0.1, 0.15) is 51.8 Å². The maximum Gasteiger partial charge on any atom is 0.233 e. The summed E-state index contributed by atoms with van der Waals surface area (Å²) in [5.41, 5.74) is 0. The minimum Gasteiger partial charge on any atom is -0.339 e. The highest BCUT2D eigenvalue weighted by atomic mass is 32.2. The molecule has 0 aliphatic carbocycles. The van der Waals surface area contributed by atoms with Crippen LogP contribution >= 0.6 is 11.8 Å². The molecule has 0 radical (unpaired) electrons. The number of hydrogen-bond acceptors (Lipinski definition) is 4. The highest BCUT2D eigenvalue weighted by Gasteiger charge is 2.28. The quantitative estimate of drug-likeness (QED) is 0.786. The molecule has 1 aromatic heterocycles. The Kier molecular flexibility index (Phi) is 5.88. The molecule has 0 bridgehead atoms. The molecule has 1 aromatic rings. The van der Waals surface area contributed by atoms with E-state index in [-0.39, 0.29) is 5.91 Å². The van der Waals surface area contributed by atoms with Crippen LogP contribution in [-0.4, -0.2) is 44.3 Å². The summed E-state index contributed by atoms with van der Waals surface area (Å²) >= 11 is 1.43. The Morgan fingerprint density at radius 2 is 2.35 bits per heavy atom. The summed E-state index contributed by atoms with van der Waals surface area (Å²) in [6.07, 6.45) is 6.70. The van der Waals surface area contributed by atoms with Gasteiger partial charge in [-0.15, -0.1) is 5.10 Å². The van der Waals surface area contributed by atoms with Crippen LogP contribution in [0.4, 0.5) is 0 Å². The van der Waals surface area contributed by atoms with Gasteiger partial charge >= 0.3 is 0 Å². The molecular weight excluding hydrogens is 272 g/mol. The van der Waals surface area contributed by atoms with Crippen LogP contribution in [0.5, 0.6) is 0 Å². The van der Waals surface area contributed by atoms with E-state index in [2.05, 4.69) is 27.0 Å². The maximum atomic E-state index is 12.3. The van der Waals surface area contributed by atoms with Gasteiger partial charge in [-0.1, -0.05) is 38.5 Å². The summed E-state index contributed by atoms with van der Waals surface area (Å²) in [4.78, 5) is 18.7. The molecular formula is C14H24N4OS. The SMILES string of the molecule is CCCC[C@H]1CCCN1C(=O)CSc1n[nH]c(CC)n1. The first kappa shape index (κ1) is 15.4. The van der Waals surface area contributed by atoms with Gasteiger partial charge in [0.15, 0.2) is 0 Å². The van der Waals surface area contributed by atoms with Crippen molar-refractivity contribution in [3.8, 4) is 0 Å². The van der Waals surface area contributed by atoms with Crippen LogP contribution in [-0.2, 0) is 11.2 Å². The second-order valence-electron chi connectivity index (χ2n) is 5.23. The van der Waals surface area contributed by atoms with Crippen molar-refractivity contribution < 1.29 is 4.79 Å². The second kappa shape index (κ2) is 7.67. The van der Waals surface area contributed by atoms with E-state index in [0.717, 1.165) is 38.1 Å². The third kappa shape index (κ3) is 3.98. The van der Waals surface area contributed by atoms with E-state index >= 15 is 0 Å². The first-order chi connectivity index (χ1) is 9.74. The molecule has 1 aliphatic rings. The monoisotopic (exact) mass is 296 g/mol. The third-order valence-electron chi connectivity index (χ3n) is 3.76. The van der Waals surface area contributed by atoms with Crippen LogP contribution in [0.2, 0.25) is 0 Å². The first-order valence-electron chi connectivity index (χ1n) is 7.58. The molecule has 0 saturated carbocycles. The number of carbonyl (C=O) groups excluding carboxylic acids is 1. The smallest absolute Gasteiger partial charge is 0.233 e. The molecule has 0 spiro atoms. The van der Waals surface area contributed by atoms with Crippen LogP contribution in [0.25, 0.3) is 0 Å². The predicted molar refractivity (Wildman–Crippen MR) is 80.7 cm³/mol. The molecule has 112 valence electrons. The van der Waals surface area contributed by atoms with Crippen molar-refractivity contribution >= 4 is 17.7 Å². The number of unbranched alkanes of at least 4 members (excludes halogenated alkanes) is 1. The van der Waals surface area contributed by atoms with Crippen LogP contribution in [0, 0.1) is 0 Å². The van der Waals surface area contributed by atoms with Gasteiger partial charge in [0.1, 0.15) is 5.82 Å². The van der Waals surface area contributed by atoms with Gasteiger partial charge < -0.3 is 4.90 Å². The molecule has 1 fully saturated rings. The lowest BCUT2D eigenvalue weighted by atomic mass is 10.1. The fraction of sp³-hybridized carbons (Fsp3) is 0.786. The van der Waals surface area contributed by atoms with Crippen molar-refractivity contribution in [1.82, 2.24) is 20.1 Å². The lowest BCUT2D eigenvalue weighted by Gasteiger charge is -2.24. The highest BCUT2D eigenvalue weighted by molar-refractivity contribution is 7.99. The zero-order chi connectivity index (χ0) is 14.4. The van der Waals surface area contributed by atoms with Crippen molar-refractivity contribution in [3.05, 3.63) is 5.82 Å². The molecule has 2 heterocycles. The average Bonchev–Trinajstić information content (AvgIpc) is 3.11. The van der Waals surface area contributed by atoms with Crippen molar-refractivity contribution in [2.24, 2.45) is 0 Å². The molecule has 0 aromatic carbocycles. The molecule has 1 saturated heterocycles. The Balaban J connectivity index is 1.81. The van der Waals surface area contributed by atoms with Crippen LogP contribution in [0.15, 0.2) is 5.16 Å². The largest absolute Gasteiger partial charge is 0.339 e. The molecule has 1 amide bonds. The Morgan fingerprint density at radius 1 is 1.50 bits per heavy atom. The van der Waals surface area contributed by atoms with Crippen molar-refractivity contribution in [3.63, 3.8) is 0 Å². The molecule has 0 unspecified atom stereocenters. The van der Waals surface area contributed by atoms with Gasteiger partial charge in [0, 0.05) is 19.0 Å². The van der Waals surface area contributed by atoms with Crippen molar-refractivity contribution in [1.29, 1.82) is 0 Å². The number of rotatable bonds is 7. The molecule has 1 N–H and O–H groups in total. The van der Waals surface area contributed by atoms with Crippen LogP contribution in [0.3, 0.4) is 0 Å². The van der Waals surface area contributed by atoms with Gasteiger partial charge in [0.05, 0.1) is 5.75 Å². The fourth-order valence-corrected chi connectivity index (χ4v) is 3.32. The minimum absolute atomic E-state index is 0.233. The van der Waals surface area contributed by atoms with Crippen molar-refractivity contribution in [2.75, 3.05) is 12.3 Å². The Hall–Kier alpha value is -1.04. The number of H-pyrrole nitrogens is 1. The molecule has 5 nitrogen and oxygen atoms in total. The molecule has 1 atom stereocenters. The van der Waals surface area contributed by atoms with Gasteiger partial charge in [0.2, 0.25) is 11.1 Å². The van der Waals surface area contributed by atoms with Gasteiger partial charge in [0.25, 0.3) is 0 Å². The number of carbonyl (C=O) groups is 1. The summed E-state index contributed by atoms with van der Waals surface area (Å²) in [5, 5.41) is 7.67. The molecule has 1 aliphatic heterocycles. The lowest BCUT2D eigenvalue weighted by Crippen LogP contribution is -2.36. The van der Waals surface area contributed by atoms with E-state index in [1.54, 1.807) is 0 Å². The van der Waals surface area contributed by atoms with Crippen molar-refractivity contribution in [2.45, 2.75) is 63.6 Å². The van der Waals surface area contributed by atoms with Gasteiger partial charge in [-0.2, -0.15) is 0 Å². The highest BCUT2D eigenvalue weighted by Crippen LogP contribution is 2.24. The summed E-state index contributed by atoms with van der Waals surface area (Å²) < 4.78 is 0. The minimum atomic E-state index is 0.233. The number of amides is 1. The number of aromatic amines is 1. The van der Waals surface area contributed by atoms with E-state index in [1.165, 1.54) is 24.6 Å². The third-order valence-corrected chi connectivity index (χ3v) is 4.59. The number of likely N-dealkylation sites (tertiary alicyclic amines) is 1. The Morgan fingerprint density at radius 3 is 3.05 bits per heavy atom. The predicted octanol–water partition coefficient (Wildman–Crippen LogP) is 2.64. The second-order valence-corrected chi connectivity index (χ2v) is 6.17. The molecule has 6 heteroatoms. The lowest BCUT2D eigenvalue weighted by molar-refractivity contribution is -0.129. The van der Waals surface area contributed by atoms with E-state index in [4.69, 9.17) is 0 Å². The number of nitrogens with one attached hydrogen (secondary N) is 1. The Bertz CT molecular complexity index is 435. The van der Waals surface area contributed by atoms with E-state index in [9.17, 15) is 4.79 Å².